The van der Waals surface area contributed by atoms with Crippen molar-refractivity contribution in [3.8, 4) is 0 Å². The Balaban J connectivity index is 1.87. The summed E-state index contributed by atoms with van der Waals surface area (Å²) in [6.07, 6.45) is 3.39. The van der Waals surface area contributed by atoms with Crippen LogP contribution >= 0.6 is 23.2 Å². The molecule has 3 atom stereocenters. The van der Waals surface area contributed by atoms with Gasteiger partial charge in [-0.15, -0.1) is 0 Å². The monoisotopic (exact) mass is 413 g/mol. The molecular formula is C20H29Cl2N3O2. The number of amides is 2. The minimum absolute atomic E-state index is 0.0358. The predicted octanol–water partition coefficient (Wildman–Crippen LogP) is 4.19. The van der Waals surface area contributed by atoms with Gasteiger partial charge in [0.1, 0.15) is 0 Å². The third-order valence-corrected chi connectivity index (χ3v) is 6.09. The van der Waals surface area contributed by atoms with Gasteiger partial charge in [-0.1, -0.05) is 62.9 Å². The minimum atomic E-state index is -0.251. The molecule has 2 N–H and O–H groups in total. The SMILES string of the molecule is CCN(CC(=O)Nc1c(Cl)cccc1Cl)CC(=O)N[C@@H]1CCC[C@@H](C)[C@@H]1C. The van der Waals surface area contributed by atoms with Crippen LogP contribution in [0.5, 0.6) is 0 Å². The van der Waals surface area contributed by atoms with Crippen molar-refractivity contribution in [1.29, 1.82) is 0 Å². The lowest BCUT2D eigenvalue weighted by Gasteiger charge is -2.35. The van der Waals surface area contributed by atoms with Crippen molar-refractivity contribution in [2.24, 2.45) is 11.8 Å². The van der Waals surface area contributed by atoms with Crippen LogP contribution in [0.15, 0.2) is 18.2 Å². The zero-order chi connectivity index (χ0) is 20.0. The summed E-state index contributed by atoms with van der Waals surface area (Å²) in [5.74, 6) is 0.812. The first-order valence-electron chi connectivity index (χ1n) is 9.57. The minimum Gasteiger partial charge on any atom is -0.352 e. The van der Waals surface area contributed by atoms with E-state index in [9.17, 15) is 9.59 Å². The van der Waals surface area contributed by atoms with E-state index in [2.05, 4.69) is 24.5 Å². The summed E-state index contributed by atoms with van der Waals surface area (Å²) >= 11 is 12.2. The lowest BCUT2D eigenvalue weighted by molar-refractivity contribution is -0.124. The van der Waals surface area contributed by atoms with E-state index in [1.54, 1.807) is 23.1 Å². The topological polar surface area (TPSA) is 61.4 Å². The Morgan fingerprint density at radius 3 is 2.37 bits per heavy atom. The second-order valence-corrected chi connectivity index (χ2v) is 8.20. The zero-order valence-corrected chi connectivity index (χ0v) is 17.7. The molecule has 0 aromatic heterocycles. The third-order valence-electron chi connectivity index (χ3n) is 5.46. The maximum atomic E-state index is 12.5. The van der Waals surface area contributed by atoms with Crippen molar-refractivity contribution in [2.75, 3.05) is 25.0 Å². The zero-order valence-electron chi connectivity index (χ0n) is 16.2. The van der Waals surface area contributed by atoms with Crippen LogP contribution in [0.1, 0.15) is 40.0 Å². The number of halogens is 2. The van der Waals surface area contributed by atoms with Crippen molar-refractivity contribution >= 4 is 40.7 Å². The number of hydrogen-bond donors (Lipinski definition) is 2. The second kappa shape index (κ2) is 10.3. The standard InChI is InChI=1S/C20H29Cl2N3O2/c1-4-25(11-18(26)23-17-10-5-7-13(2)14(17)3)12-19(27)24-20-15(21)8-6-9-16(20)22/h6,8-9,13-14,17H,4-5,7,10-12H2,1-3H3,(H,23,26)(H,24,27)/t13-,14+,17-/m1/s1. The summed E-state index contributed by atoms with van der Waals surface area (Å²) in [6.45, 7) is 7.25. The number of hydrogen-bond acceptors (Lipinski definition) is 3. The molecule has 1 aromatic rings. The van der Waals surface area contributed by atoms with E-state index < -0.39 is 0 Å². The van der Waals surface area contributed by atoms with Crippen molar-refractivity contribution in [3.05, 3.63) is 28.2 Å². The Hall–Kier alpha value is -1.30. The number of rotatable bonds is 7. The van der Waals surface area contributed by atoms with E-state index in [1.807, 2.05) is 6.92 Å². The molecule has 1 saturated carbocycles. The van der Waals surface area contributed by atoms with Gasteiger partial charge in [0, 0.05) is 6.04 Å². The van der Waals surface area contributed by atoms with Gasteiger partial charge in [0.05, 0.1) is 28.8 Å². The van der Waals surface area contributed by atoms with Gasteiger partial charge in [0.2, 0.25) is 11.8 Å². The quantitative estimate of drug-likeness (QED) is 0.703. The molecule has 1 aliphatic rings. The fourth-order valence-electron chi connectivity index (χ4n) is 3.52. The van der Waals surface area contributed by atoms with Gasteiger partial charge >= 0.3 is 0 Å². The molecule has 0 radical (unpaired) electrons. The number of carbonyl (C=O) groups is 2. The van der Waals surface area contributed by atoms with E-state index in [0.29, 0.717) is 34.1 Å². The summed E-state index contributed by atoms with van der Waals surface area (Å²) in [4.78, 5) is 26.6. The highest BCUT2D eigenvalue weighted by atomic mass is 35.5. The molecule has 0 heterocycles. The van der Waals surface area contributed by atoms with Crippen LogP contribution in [0.2, 0.25) is 10.0 Å². The molecule has 0 unspecified atom stereocenters. The number of para-hydroxylation sites is 1. The van der Waals surface area contributed by atoms with Gasteiger partial charge in [0.15, 0.2) is 0 Å². The first-order chi connectivity index (χ1) is 12.8. The number of nitrogens with one attached hydrogen (secondary N) is 2. The Labute approximate surface area is 171 Å². The van der Waals surface area contributed by atoms with E-state index in [-0.39, 0.29) is 30.9 Å². The highest BCUT2D eigenvalue weighted by Gasteiger charge is 2.28. The second-order valence-electron chi connectivity index (χ2n) is 7.39. The Bertz CT molecular complexity index is 648. The maximum absolute atomic E-state index is 12.5. The first kappa shape index (κ1) is 22.0. The molecule has 1 aromatic carbocycles. The molecule has 2 rings (SSSR count). The van der Waals surface area contributed by atoms with Crippen LogP contribution < -0.4 is 10.6 Å². The summed E-state index contributed by atoms with van der Waals surface area (Å²) in [5, 5.41) is 6.66. The molecule has 0 saturated heterocycles. The van der Waals surface area contributed by atoms with Crippen molar-refractivity contribution in [2.45, 2.75) is 46.1 Å². The molecule has 27 heavy (non-hydrogen) atoms. The van der Waals surface area contributed by atoms with E-state index in [4.69, 9.17) is 23.2 Å². The molecule has 150 valence electrons. The van der Waals surface area contributed by atoms with Crippen LogP contribution in [0.25, 0.3) is 0 Å². The first-order valence-corrected chi connectivity index (χ1v) is 10.3. The fourth-order valence-corrected chi connectivity index (χ4v) is 4.01. The summed E-state index contributed by atoms with van der Waals surface area (Å²) in [7, 11) is 0. The summed E-state index contributed by atoms with van der Waals surface area (Å²) < 4.78 is 0. The smallest absolute Gasteiger partial charge is 0.238 e. The molecular weight excluding hydrogens is 385 g/mol. The van der Waals surface area contributed by atoms with Gasteiger partial charge in [-0.3, -0.25) is 14.5 Å². The predicted molar refractivity (Wildman–Crippen MR) is 111 cm³/mol. The molecule has 0 spiro atoms. The molecule has 7 heteroatoms. The molecule has 0 aliphatic heterocycles. The number of anilines is 1. The third kappa shape index (κ3) is 6.37. The average molecular weight is 414 g/mol. The largest absolute Gasteiger partial charge is 0.352 e. The molecule has 1 fully saturated rings. The van der Waals surface area contributed by atoms with Crippen LogP contribution in [0, 0.1) is 11.8 Å². The Morgan fingerprint density at radius 1 is 1.11 bits per heavy atom. The van der Waals surface area contributed by atoms with Crippen LogP contribution in [-0.4, -0.2) is 42.4 Å². The Kier molecular flexibility index (Phi) is 8.39. The number of nitrogens with zero attached hydrogens (tertiary/aromatic N) is 1. The van der Waals surface area contributed by atoms with Crippen molar-refractivity contribution in [3.63, 3.8) is 0 Å². The summed E-state index contributed by atoms with van der Waals surface area (Å²) in [6, 6.07) is 5.27. The lowest BCUT2D eigenvalue weighted by atomic mass is 9.78. The molecule has 0 bridgehead atoms. The summed E-state index contributed by atoms with van der Waals surface area (Å²) in [5.41, 5.74) is 0.399. The highest BCUT2D eigenvalue weighted by molar-refractivity contribution is 6.39. The lowest BCUT2D eigenvalue weighted by Crippen LogP contribution is -2.48. The molecule has 2 amide bonds. The van der Waals surface area contributed by atoms with Gasteiger partial charge in [-0.2, -0.15) is 0 Å². The molecule has 1 aliphatic carbocycles. The van der Waals surface area contributed by atoms with Crippen molar-refractivity contribution < 1.29 is 9.59 Å². The normalized spacial score (nSPS) is 22.5. The number of likely N-dealkylation sites (N-methyl/N-ethyl adjacent to an activating group) is 1. The van der Waals surface area contributed by atoms with E-state index >= 15 is 0 Å². The molecule has 5 nitrogen and oxygen atoms in total. The van der Waals surface area contributed by atoms with Gasteiger partial charge in [-0.05, 0) is 36.9 Å². The van der Waals surface area contributed by atoms with Gasteiger partial charge < -0.3 is 10.6 Å². The average Bonchev–Trinajstić information content (AvgIpc) is 2.61. The van der Waals surface area contributed by atoms with Gasteiger partial charge in [-0.25, -0.2) is 0 Å². The number of carbonyl (C=O) groups excluding carboxylic acids is 2. The number of benzene rings is 1. The van der Waals surface area contributed by atoms with Crippen LogP contribution in [-0.2, 0) is 9.59 Å². The van der Waals surface area contributed by atoms with Crippen LogP contribution in [0.4, 0.5) is 5.69 Å². The Morgan fingerprint density at radius 2 is 1.74 bits per heavy atom. The van der Waals surface area contributed by atoms with Gasteiger partial charge in [0.25, 0.3) is 0 Å². The van der Waals surface area contributed by atoms with E-state index in [0.717, 1.165) is 12.8 Å². The highest BCUT2D eigenvalue weighted by Crippen LogP contribution is 2.30. The van der Waals surface area contributed by atoms with E-state index in [1.165, 1.54) is 6.42 Å². The van der Waals surface area contributed by atoms with Crippen LogP contribution in [0.3, 0.4) is 0 Å². The maximum Gasteiger partial charge on any atom is 0.238 e. The van der Waals surface area contributed by atoms with Crippen molar-refractivity contribution in [1.82, 2.24) is 10.2 Å². The fraction of sp³-hybridized carbons (Fsp3) is 0.600.